The molecule has 0 saturated carbocycles. The van der Waals surface area contributed by atoms with E-state index in [1.807, 2.05) is 13.0 Å². The molecule has 0 aliphatic carbocycles. The Balaban J connectivity index is 2.69. The van der Waals surface area contributed by atoms with E-state index in [-0.39, 0.29) is 0 Å². The smallest absolute Gasteiger partial charge is 0.320 e. The van der Waals surface area contributed by atoms with E-state index in [4.69, 9.17) is 10.8 Å². The van der Waals surface area contributed by atoms with Gasteiger partial charge in [-0.3, -0.25) is 9.78 Å². The molecule has 0 fully saturated rings. The Morgan fingerprint density at radius 2 is 2.46 bits per heavy atom. The van der Waals surface area contributed by atoms with Crippen molar-refractivity contribution in [1.82, 2.24) is 4.98 Å². The number of hydrogen-bond donors (Lipinski definition) is 2. The molecule has 0 aromatic carbocycles. The molecule has 1 unspecified atom stereocenters. The first-order valence-electron chi connectivity index (χ1n) is 3.99. The molecule has 13 heavy (non-hydrogen) atoms. The number of aryl methyl sites for hydroxylation is 1. The Labute approximate surface area is 76.4 Å². The fraction of sp³-hybridized carbons (Fsp3) is 0.333. The Hall–Kier alpha value is -1.42. The largest absolute Gasteiger partial charge is 0.480 e. The van der Waals surface area contributed by atoms with Crippen LogP contribution in [0.3, 0.4) is 0 Å². The van der Waals surface area contributed by atoms with Crippen LogP contribution in [-0.2, 0) is 11.2 Å². The number of hydrogen-bond acceptors (Lipinski definition) is 3. The maximum Gasteiger partial charge on any atom is 0.320 e. The van der Waals surface area contributed by atoms with Gasteiger partial charge >= 0.3 is 5.97 Å². The third-order valence-electron chi connectivity index (χ3n) is 1.73. The molecule has 1 heterocycles. The van der Waals surface area contributed by atoms with Gasteiger partial charge in [-0.15, -0.1) is 0 Å². The summed E-state index contributed by atoms with van der Waals surface area (Å²) in [6.45, 7) is 1.86. The third-order valence-corrected chi connectivity index (χ3v) is 1.73. The van der Waals surface area contributed by atoms with Crippen LogP contribution in [0.1, 0.15) is 11.3 Å². The first-order valence-corrected chi connectivity index (χ1v) is 3.99. The van der Waals surface area contributed by atoms with Crippen molar-refractivity contribution in [3.05, 3.63) is 29.6 Å². The average molecular weight is 180 g/mol. The molecular weight excluding hydrogens is 168 g/mol. The van der Waals surface area contributed by atoms with Crippen LogP contribution in [0.15, 0.2) is 18.3 Å². The summed E-state index contributed by atoms with van der Waals surface area (Å²) in [5.41, 5.74) is 7.15. The van der Waals surface area contributed by atoms with E-state index >= 15 is 0 Å². The standard InChI is InChI=1S/C9H12N2O2/c1-6-4-7(2-3-11-6)5-8(10)9(12)13/h2-4,8H,5,10H2,1H3,(H,12,13). The highest BCUT2D eigenvalue weighted by Gasteiger charge is 2.11. The third kappa shape index (κ3) is 2.83. The molecule has 0 spiro atoms. The van der Waals surface area contributed by atoms with Crippen molar-refractivity contribution in [1.29, 1.82) is 0 Å². The fourth-order valence-electron chi connectivity index (χ4n) is 1.07. The summed E-state index contributed by atoms with van der Waals surface area (Å²) in [5.74, 6) is -0.977. The minimum absolute atomic E-state index is 0.346. The number of rotatable bonds is 3. The lowest BCUT2D eigenvalue weighted by atomic mass is 10.1. The van der Waals surface area contributed by atoms with Gasteiger partial charge in [-0.05, 0) is 31.0 Å². The Bertz CT molecular complexity index is 312. The molecule has 1 aromatic rings. The van der Waals surface area contributed by atoms with E-state index in [1.165, 1.54) is 0 Å². The summed E-state index contributed by atoms with van der Waals surface area (Å²) in [6.07, 6.45) is 2.00. The number of nitrogens with two attached hydrogens (primary N) is 1. The summed E-state index contributed by atoms with van der Waals surface area (Å²) < 4.78 is 0. The van der Waals surface area contributed by atoms with E-state index < -0.39 is 12.0 Å². The van der Waals surface area contributed by atoms with Gasteiger partial charge in [0.05, 0.1) is 0 Å². The van der Waals surface area contributed by atoms with Crippen molar-refractivity contribution in [2.75, 3.05) is 0 Å². The number of nitrogens with zero attached hydrogens (tertiary/aromatic N) is 1. The quantitative estimate of drug-likeness (QED) is 0.703. The number of carbonyl (C=O) groups is 1. The van der Waals surface area contributed by atoms with Gasteiger partial charge in [-0.1, -0.05) is 0 Å². The predicted octanol–water partition coefficient (Wildman–Crippen LogP) is 0.344. The highest BCUT2D eigenvalue weighted by molar-refractivity contribution is 5.73. The highest BCUT2D eigenvalue weighted by atomic mass is 16.4. The molecule has 0 saturated heterocycles. The topological polar surface area (TPSA) is 76.2 Å². The number of pyridine rings is 1. The molecule has 1 aromatic heterocycles. The maximum atomic E-state index is 10.4. The van der Waals surface area contributed by atoms with Crippen LogP contribution in [0.2, 0.25) is 0 Å². The van der Waals surface area contributed by atoms with Crippen LogP contribution in [0.25, 0.3) is 0 Å². The Kier molecular flexibility index (Phi) is 2.97. The first-order chi connectivity index (χ1) is 6.09. The van der Waals surface area contributed by atoms with Crippen molar-refractivity contribution in [3.8, 4) is 0 Å². The van der Waals surface area contributed by atoms with Crippen molar-refractivity contribution in [3.63, 3.8) is 0 Å². The van der Waals surface area contributed by atoms with Gasteiger partial charge in [0, 0.05) is 11.9 Å². The maximum absolute atomic E-state index is 10.4. The lowest BCUT2D eigenvalue weighted by Gasteiger charge is -2.05. The van der Waals surface area contributed by atoms with Crippen LogP contribution >= 0.6 is 0 Å². The second-order valence-corrected chi connectivity index (χ2v) is 2.95. The van der Waals surface area contributed by atoms with Crippen molar-refractivity contribution >= 4 is 5.97 Å². The molecule has 0 bridgehead atoms. The number of aromatic nitrogens is 1. The van der Waals surface area contributed by atoms with Gasteiger partial charge in [-0.2, -0.15) is 0 Å². The van der Waals surface area contributed by atoms with E-state index in [0.29, 0.717) is 6.42 Å². The van der Waals surface area contributed by atoms with Crippen LogP contribution in [0, 0.1) is 6.92 Å². The Morgan fingerprint density at radius 3 is 3.00 bits per heavy atom. The molecule has 3 N–H and O–H groups in total. The van der Waals surface area contributed by atoms with Crippen molar-refractivity contribution in [2.45, 2.75) is 19.4 Å². The van der Waals surface area contributed by atoms with Crippen LogP contribution < -0.4 is 5.73 Å². The first kappa shape index (κ1) is 9.67. The molecule has 0 aliphatic rings. The van der Waals surface area contributed by atoms with Gasteiger partial charge in [0.15, 0.2) is 0 Å². The molecule has 0 radical (unpaired) electrons. The second kappa shape index (κ2) is 4.00. The molecule has 4 nitrogen and oxygen atoms in total. The lowest BCUT2D eigenvalue weighted by molar-refractivity contribution is -0.138. The minimum atomic E-state index is -0.977. The Morgan fingerprint density at radius 1 is 1.77 bits per heavy atom. The van der Waals surface area contributed by atoms with Gasteiger partial charge < -0.3 is 10.8 Å². The molecular formula is C9H12N2O2. The van der Waals surface area contributed by atoms with Crippen molar-refractivity contribution < 1.29 is 9.90 Å². The van der Waals surface area contributed by atoms with Gasteiger partial charge in [0.25, 0.3) is 0 Å². The van der Waals surface area contributed by atoms with E-state index in [0.717, 1.165) is 11.3 Å². The highest BCUT2D eigenvalue weighted by Crippen LogP contribution is 2.03. The van der Waals surface area contributed by atoms with E-state index in [2.05, 4.69) is 4.98 Å². The number of carboxylic acid groups (broad SMARTS) is 1. The zero-order valence-electron chi connectivity index (χ0n) is 7.40. The van der Waals surface area contributed by atoms with Crippen LogP contribution in [0.4, 0.5) is 0 Å². The van der Waals surface area contributed by atoms with Gasteiger partial charge in [0.2, 0.25) is 0 Å². The second-order valence-electron chi connectivity index (χ2n) is 2.95. The summed E-state index contributed by atoms with van der Waals surface area (Å²) in [5, 5.41) is 8.57. The van der Waals surface area contributed by atoms with E-state index in [1.54, 1.807) is 12.3 Å². The molecule has 0 aliphatic heterocycles. The molecule has 1 rings (SSSR count). The van der Waals surface area contributed by atoms with Crippen LogP contribution in [0.5, 0.6) is 0 Å². The summed E-state index contributed by atoms with van der Waals surface area (Å²) in [4.78, 5) is 14.5. The normalized spacial score (nSPS) is 12.5. The average Bonchev–Trinajstić information content (AvgIpc) is 2.04. The molecule has 4 heteroatoms. The van der Waals surface area contributed by atoms with Crippen LogP contribution in [-0.4, -0.2) is 22.1 Å². The summed E-state index contributed by atoms with van der Waals surface area (Å²) in [7, 11) is 0. The molecule has 0 amide bonds. The number of aliphatic carboxylic acids is 1. The zero-order chi connectivity index (χ0) is 9.84. The number of carboxylic acids is 1. The fourth-order valence-corrected chi connectivity index (χ4v) is 1.07. The molecule has 70 valence electrons. The van der Waals surface area contributed by atoms with Gasteiger partial charge in [0.1, 0.15) is 6.04 Å². The molecule has 1 atom stereocenters. The van der Waals surface area contributed by atoms with Crippen molar-refractivity contribution in [2.24, 2.45) is 5.73 Å². The zero-order valence-corrected chi connectivity index (χ0v) is 7.40. The lowest BCUT2D eigenvalue weighted by Crippen LogP contribution is -2.32. The van der Waals surface area contributed by atoms with Gasteiger partial charge in [-0.25, -0.2) is 0 Å². The minimum Gasteiger partial charge on any atom is -0.480 e. The SMILES string of the molecule is Cc1cc(CC(N)C(=O)O)ccn1. The summed E-state index contributed by atoms with van der Waals surface area (Å²) >= 11 is 0. The monoisotopic (exact) mass is 180 g/mol. The predicted molar refractivity (Wildman–Crippen MR) is 48.3 cm³/mol. The summed E-state index contributed by atoms with van der Waals surface area (Å²) in [6, 6.07) is 2.78. The van der Waals surface area contributed by atoms with E-state index in [9.17, 15) is 4.79 Å².